The molecule has 1 aromatic rings. The van der Waals surface area contributed by atoms with Gasteiger partial charge in [-0.2, -0.15) is 0 Å². The molecule has 2 aliphatic heterocycles. The number of rotatable bonds is 1. The van der Waals surface area contributed by atoms with E-state index >= 15 is 0 Å². The Labute approximate surface area is 101 Å². The highest BCUT2D eigenvalue weighted by Crippen LogP contribution is 2.57. The zero-order valence-corrected chi connectivity index (χ0v) is 9.68. The first-order chi connectivity index (χ1) is 7.38. The highest BCUT2D eigenvalue weighted by Gasteiger charge is 2.58. The maximum Gasteiger partial charge on any atom is 0.231 e. The number of fused-ring (bicyclic) bond motifs is 2. The largest absolute Gasteiger partial charge is 0.454 e. The molecular weight excluding hydrogens is 226 g/mol. The lowest BCUT2D eigenvalue weighted by Gasteiger charge is -2.12. The summed E-state index contributed by atoms with van der Waals surface area (Å²) in [7, 11) is 0. The fourth-order valence-electron chi connectivity index (χ4n) is 3.00. The second kappa shape index (κ2) is 3.28. The van der Waals surface area contributed by atoms with Crippen molar-refractivity contribution in [3.05, 3.63) is 23.8 Å². The van der Waals surface area contributed by atoms with E-state index in [1.165, 1.54) is 18.5 Å². The van der Waals surface area contributed by atoms with Crippen LogP contribution in [0.1, 0.15) is 12.0 Å². The van der Waals surface area contributed by atoms with E-state index in [0.717, 1.165) is 24.0 Å². The van der Waals surface area contributed by atoms with Crippen LogP contribution in [0.15, 0.2) is 18.2 Å². The molecule has 3 aliphatic rings. The Morgan fingerprint density at radius 1 is 1.25 bits per heavy atom. The van der Waals surface area contributed by atoms with Gasteiger partial charge in [-0.1, -0.05) is 6.07 Å². The monoisotopic (exact) mass is 239 g/mol. The Balaban J connectivity index is 0.000000810. The molecule has 16 heavy (non-hydrogen) atoms. The zero-order valence-electron chi connectivity index (χ0n) is 8.86. The van der Waals surface area contributed by atoms with E-state index in [-0.39, 0.29) is 12.4 Å². The van der Waals surface area contributed by atoms with Gasteiger partial charge in [0.15, 0.2) is 11.5 Å². The fourth-order valence-corrected chi connectivity index (χ4v) is 3.00. The van der Waals surface area contributed by atoms with Crippen LogP contribution < -0.4 is 14.8 Å². The van der Waals surface area contributed by atoms with Gasteiger partial charge in [-0.3, -0.25) is 0 Å². The standard InChI is InChI=1S/C12H13NO2.ClH/c1-2-10-11(15-7-14-10)3-8(1)12-4-9(12)5-13-6-12;/h1-3,9,13H,4-7H2;1H. The Bertz CT molecular complexity index is 437. The molecule has 4 heteroatoms. The van der Waals surface area contributed by atoms with E-state index in [4.69, 9.17) is 9.47 Å². The molecule has 86 valence electrons. The van der Waals surface area contributed by atoms with Gasteiger partial charge in [0.25, 0.3) is 0 Å². The van der Waals surface area contributed by atoms with Crippen LogP contribution in [0.25, 0.3) is 0 Å². The normalized spacial score (nSPS) is 33.1. The van der Waals surface area contributed by atoms with Gasteiger partial charge in [0.05, 0.1) is 0 Å². The predicted octanol–water partition coefficient (Wildman–Crippen LogP) is 1.70. The minimum atomic E-state index is 0. The van der Waals surface area contributed by atoms with Gasteiger partial charge in [0, 0.05) is 12.0 Å². The molecule has 1 saturated carbocycles. The summed E-state index contributed by atoms with van der Waals surface area (Å²) in [4.78, 5) is 0. The minimum Gasteiger partial charge on any atom is -0.454 e. The van der Waals surface area contributed by atoms with Crippen molar-refractivity contribution in [1.29, 1.82) is 0 Å². The van der Waals surface area contributed by atoms with Crippen LogP contribution in [-0.4, -0.2) is 19.9 Å². The van der Waals surface area contributed by atoms with Crippen molar-refractivity contribution in [3.8, 4) is 11.5 Å². The third-order valence-electron chi connectivity index (χ3n) is 4.01. The Morgan fingerprint density at radius 2 is 2.12 bits per heavy atom. The average molecular weight is 240 g/mol. The van der Waals surface area contributed by atoms with Crippen LogP contribution in [0.5, 0.6) is 11.5 Å². The van der Waals surface area contributed by atoms with E-state index in [2.05, 4.69) is 17.4 Å². The Morgan fingerprint density at radius 3 is 2.88 bits per heavy atom. The predicted molar refractivity (Wildman–Crippen MR) is 62.5 cm³/mol. The smallest absolute Gasteiger partial charge is 0.231 e. The molecule has 3 nitrogen and oxygen atoms in total. The first-order valence-corrected chi connectivity index (χ1v) is 5.49. The Hall–Kier alpha value is -0.930. The third kappa shape index (κ3) is 1.19. The van der Waals surface area contributed by atoms with Crippen molar-refractivity contribution in [3.63, 3.8) is 0 Å². The molecular formula is C12H14ClNO2. The second-order valence-corrected chi connectivity index (χ2v) is 4.76. The van der Waals surface area contributed by atoms with Gasteiger partial charge in [-0.25, -0.2) is 0 Å². The summed E-state index contributed by atoms with van der Waals surface area (Å²) in [5, 5.41) is 3.46. The number of hydrogen-bond donors (Lipinski definition) is 1. The highest BCUT2D eigenvalue weighted by atomic mass is 35.5. The van der Waals surface area contributed by atoms with Crippen molar-refractivity contribution in [1.82, 2.24) is 5.32 Å². The lowest BCUT2D eigenvalue weighted by molar-refractivity contribution is 0.174. The van der Waals surface area contributed by atoms with Gasteiger partial charge >= 0.3 is 0 Å². The maximum absolute atomic E-state index is 5.42. The minimum absolute atomic E-state index is 0. The Kier molecular flexibility index (Phi) is 2.10. The molecule has 2 atom stereocenters. The average Bonchev–Trinajstić information content (AvgIpc) is 2.68. The quantitative estimate of drug-likeness (QED) is 0.809. The van der Waals surface area contributed by atoms with Crippen LogP contribution in [0.2, 0.25) is 0 Å². The van der Waals surface area contributed by atoms with E-state index in [0.29, 0.717) is 12.2 Å². The van der Waals surface area contributed by atoms with Crippen LogP contribution >= 0.6 is 12.4 Å². The number of nitrogens with one attached hydrogen (secondary N) is 1. The van der Waals surface area contributed by atoms with Crippen molar-refractivity contribution < 1.29 is 9.47 Å². The summed E-state index contributed by atoms with van der Waals surface area (Å²) in [6.07, 6.45) is 1.33. The molecule has 1 aromatic carbocycles. The molecule has 0 amide bonds. The van der Waals surface area contributed by atoms with Gasteiger partial charge in [-0.05, 0) is 36.6 Å². The van der Waals surface area contributed by atoms with Gasteiger partial charge < -0.3 is 14.8 Å². The molecule has 0 bridgehead atoms. The highest BCUT2D eigenvalue weighted by molar-refractivity contribution is 5.85. The molecule has 2 unspecified atom stereocenters. The van der Waals surface area contributed by atoms with Gasteiger partial charge in [-0.15, -0.1) is 12.4 Å². The SMILES string of the molecule is Cl.c1cc2c(cc1C13CNCC1C3)OCO2. The summed E-state index contributed by atoms with van der Waals surface area (Å²) in [5.74, 6) is 2.65. The zero-order chi connectivity index (χ0) is 9.88. The van der Waals surface area contributed by atoms with Gasteiger partial charge in [0.2, 0.25) is 6.79 Å². The van der Waals surface area contributed by atoms with Crippen LogP contribution in [-0.2, 0) is 5.41 Å². The molecule has 1 N–H and O–H groups in total. The van der Waals surface area contributed by atoms with Crippen molar-refractivity contribution in [2.75, 3.05) is 19.9 Å². The summed E-state index contributed by atoms with van der Waals surface area (Å²) in [6.45, 7) is 2.67. The fraction of sp³-hybridized carbons (Fsp3) is 0.500. The van der Waals surface area contributed by atoms with Crippen molar-refractivity contribution in [2.24, 2.45) is 5.92 Å². The van der Waals surface area contributed by atoms with Crippen LogP contribution in [0.3, 0.4) is 0 Å². The maximum atomic E-state index is 5.42. The molecule has 2 fully saturated rings. The topological polar surface area (TPSA) is 30.5 Å². The van der Waals surface area contributed by atoms with E-state index in [9.17, 15) is 0 Å². The van der Waals surface area contributed by atoms with E-state index < -0.39 is 0 Å². The number of hydrogen-bond acceptors (Lipinski definition) is 3. The summed E-state index contributed by atoms with van der Waals surface area (Å²) >= 11 is 0. The third-order valence-corrected chi connectivity index (χ3v) is 4.01. The summed E-state index contributed by atoms with van der Waals surface area (Å²) < 4.78 is 10.7. The molecule has 0 aromatic heterocycles. The summed E-state index contributed by atoms with van der Waals surface area (Å²) in [6, 6.07) is 6.40. The number of halogens is 1. The number of benzene rings is 1. The molecule has 4 rings (SSSR count). The summed E-state index contributed by atoms with van der Waals surface area (Å²) in [5.41, 5.74) is 1.84. The lowest BCUT2D eigenvalue weighted by atomic mass is 9.95. The van der Waals surface area contributed by atoms with Crippen molar-refractivity contribution >= 4 is 12.4 Å². The molecule has 0 radical (unpaired) electrons. The second-order valence-electron chi connectivity index (χ2n) is 4.76. The van der Waals surface area contributed by atoms with Crippen LogP contribution in [0.4, 0.5) is 0 Å². The number of ether oxygens (including phenoxy) is 2. The van der Waals surface area contributed by atoms with Crippen LogP contribution in [0, 0.1) is 5.92 Å². The molecule has 1 saturated heterocycles. The first kappa shape index (κ1) is 10.2. The van der Waals surface area contributed by atoms with Crippen molar-refractivity contribution in [2.45, 2.75) is 11.8 Å². The molecule has 1 aliphatic carbocycles. The first-order valence-electron chi connectivity index (χ1n) is 5.49. The molecule has 2 heterocycles. The number of piperidine rings is 1. The van der Waals surface area contributed by atoms with E-state index in [1.807, 2.05) is 6.07 Å². The lowest BCUT2D eigenvalue weighted by Crippen LogP contribution is -2.19. The van der Waals surface area contributed by atoms with Gasteiger partial charge in [0.1, 0.15) is 0 Å². The van der Waals surface area contributed by atoms with E-state index in [1.54, 1.807) is 0 Å². The molecule has 0 spiro atoms.